The molecule has 0 aliphatic heterocycles. The minimum absolute atomic E-state index is 0.819. The summed E-state index contributed by atoms with van der Waals surface area (Å²) in [6.45, 7) is 0. The van der Waals surface area contributed by atoms with Crippen molar-refractivity contribution in [3.63, 3.8) is 0 Å². The molecule has 0 amide bonds. The number of nitrogens with zero attached hydrogens (tertiary/aromatic N) is 1. The number of hydrogen-bond donors (Lipinski definition) is 1. The highest BCUT2D eigenvalue weighted by Gasteiger charge is 2.01. The number of aromatic amines is 2. The van der Waals surface area contributed by atoms with Crippen molar-refractivity contribution in [3.05, 3.63) is 23.1 Å². The van der Waals surface area contributed by atoms with Crippen molar-refractivity contribution in [2.45, 2.75) is 0 Å². The van der Waals surface area contributed by atoms with Crippen LogP contribution in [0.2, 0.25) is 0 Å². The average molecular weight is 199 g/mol. The van der Waals surface area contributed by atoms with Gasteiger partial charge >= 0.3 is 5.65 Å². The Labute approximate surface area is 65.6 Å². The van der Waals surface area contributed by atoms with Gasteiger partial charge in [0.1, 0.15) is 10.8 Å². The first-order chi connectivity index (χ1) is 4.86. The zero-order chi connectivity index (χ0) is 6.97. The van der Waals surface area contributed by atoms with Crippen LogP contribution >= 0.6 is 15.9 Å². The van der Waals surface area contributed by atoms with Gasteiger partial charge in [0.15, 0.2) is 5.52 Å². The molecule has 50 valence electrons. The smallest absolute Gasteiger partial charge is 0.246 e. The van der Waals surface area contributed by atoms with Crippen LogP contribution in [0.15, 0.2) is 23.1 Å². The van der Waals surface area contributed by atoms with E-state index in [1.807, 2.05) is 12.3 Å². The highest BCUT2D eigenvalue weighted by Crippen LogP contribution is 2.06. The van der Waals surface area contributed by atoms with Crippen LogP contribution in [0.5, 0.6) is 0 Å². The number of aromatic nitrogens is 3. The van der Waals surface area contributed by atoms with E-state index in [1.54, 1.807) is 6.20 Å². The molecule has 0 aromatic carbocycles. The summed E-state index contributed by atoms with van der Waals surface area (Å²) >= 11 is 3.26. The van der Waals surface area contributed by atoms with E-state index in [4.69, 9.17) is 0 Å². The zero-order valence-corrected chi connectivity index (χ0v) is 6.64. The molecule has 2 aromatic rings. The molecule has 2 heterocycles. The lowest BCUT2D eigenvalue weighted by atomic mass is 10.5. The summed E-state index contributed by atoms with van der Waals surface area (Å²) in [5, 5.41) is 0. The lowest BCUT2D eigenvalue weighted by Crippen LogP contribution is -2.03. The highest BCUT2D eigenvalue weighted by atomic mass is 79.9. The number of rotatable bonds is 0. The fraction of sp³-hybridized carbons (Fsp3) is 0. The third-order valence-electron chi connectivity index (χ3n) is 1.29. The first kappa shape index (κ1) is 5.85. The summed E-state index contributed by atoms with van der Waals surface area (Å²) in [7, 11) is 0. The van der Waals surface area contributed by atoms with Gasteiger partial charge in [-0.25, -0.2) is 15.0 Å². The largest absolute Gasteiger partial charge is 0.303 e. The molecule has 0 spiro atoms. The number of nitrogens with one attached hydrogen (secondary N) is 2. The van der Waals surface area contributed by atoms with E-state index < -0.39 is 0 Å². The topological polar surface area (TPSA) is 42.8 Å². The first-order valence-electron chi connectivity index (χ1n) is 2.87. The van der Waals surface area contributed by atoms with E-state index in [2.05, 4.69) is 30.9 Å². The van der Waals surface area contributed by atoms with Crippen LogP contribution in [0.25, 0.3) is 11.2 Å². The minimum Gasteiger partial charge on any atom is -0.246 e. The van der Waals surface area contributed by atoms with Gasteiger partial charge in [-0.2, -0.15) is 0 Å². The molecule has 0 atom stereocenters. The van der Waals surface area contributed by atoms with Crippen LogP contribution in [-0.2, 0) is 0 Å². The second-order valence-corrected chi connectivity index (χ2v) is 2.77. The van der Waals surface area contributed by atoms with Gasteiger partial charge in [-0.05, 0) is 15.9 Å². The van der Waals surface area contributed by atoms with Crippen LogP contribution in [0, 0.1) is 0 Å². The maximum Gasteiger partial charge on any atom is 0.303 e. The molecule has 0 radical (unpaired) electrons. The normalized spacial score (nSPS) is 10.5. The van der Waals surface area contributed by atoms with Crippen molar-refractivity contribution in [1.82, 2.24) is 9.97 Å². The monoisotopic (exact) mass is 198 g/mol. The number of fused-ring (bicyclic) bond motifs is 1. The quantitative estimate of drug-likeness (QED) is 0.679. The molecule has 2 aromatic heterocycles. The highest BCUT2D eigenvalue weighted by molar-refractivity contribution is 9.10. The number of halogens is 1. The Bertz CT molecular complexity index is 355. The van der Waals surface area contributed by atoms with Gasteiger partial charge in [0, 0.05) is 6.07 Å². The Morgan fingerprint density at radius 2 is 2.50 bits per heavy atom. The lowest BCUT2D eigenvalue weighted by Gasteiger charge is -1.83. The fourth-order valence-corrected chi connectivity index (χ4v) is 1.15. The molecule has 4 heteroatoms. The molecular formula is C6H5BrN3+. The van der Waals surface area contributed by atoms with Gasteiger partial charge in [0.2, 0.25) is 0 Å². The molecule has 0 saturated carbocycles. The molecule has 2 N–H and O–H groups in total. The van der Waals surface area contributed by atoms with E-state index >= 15 is 0 Å². The molecule has 0 aliphatic carbocycles. The van der Waals surface area contributed by atoms with E-state index in [1.165, 1.54) is 0 Å². The summed E-state index contributed by atoms with van der Waals surface area (Å²) < 4.78 is 0.819. The van der Waals surface area contributed by atoms with Gasteiger partial charge in [-0.3, -0.25) is 0 Å². The zero-order valence-electron chi connectivity index (χ0n) is 5.06. The van der Waals surface area contributed by atoms with Gasteiger partial charge in [0.25, 0.3) is 0 Å². The Kier molecular flexibility index (Phi) is 1.20. The summed E-state index contributed by atoms with van der Waals surface area (Å²) in [5.41, 5.74) is 1.89. The SMILES string of the molecule is Brc1c[nH+]c2[nH]ccc2n1. The standard InChI is InChI=1S/C6H4BrN3/c7-5-3-9-6-4(10-5)1-2-8-6/h1-3H,(H,8,9)/p+1. The van der Waals surface area contributed by atoms with Gasteiger partial charge < -0.3 is 0 Å². The summed E-state index contributed by atoms with van der Waals surface area (Å²) in [6, 6.07) is 1.91. The van der Waals surface area contributed by atoms with Crippen LogP contribution in [0.1, 0.15) is 0 Å². The van der Waals surface area contributed by atoms with Crippen molar-refractivity contribution in [2.75, 3.05) is 0 Å². The second-order valence-electron chi connectivity index (χ2n) is 1.96. The lowest BCUT2D eigenvalue weighted by molar-refractivity contribution is -0.349. The molecule has 0 bridgehead atoms. The Morgan fingerprint density at radius 3 is 3.40 bits per heavy atom. The molecule has 0 unspecified atom stereocenters. The predicted octanol–water partition coefficient (Wildman–Crippen LogP) is 1.14. The van der Waals surface area contributed by atoms with Crippen molar-refractivity contribution in [3.8, 4) is 0 Å². The number of H-pyrrole nitrogens is 2. The van der Waals surface area contributed by atoms with E-state index in [-0.39, 0.29) is 0 Å². The predicted molar refractivity (Wildman–Crippen MR) is 40.3 cm³/mol. The molecule has 0 saturated heterocycles. The fourth-order valence-electron chi connectivity index (χ4n) is 0.849. The van der Waals surface area contributed by atoms with Crippen LogP contribution in [0.4, 0.5) is 0 Å². The molecule has 10 heavy (non-hydrogen) atoms. The van der Waals surface area contributed by atoms with Crippen molar-refractivity contribution < 1.29 is 4.98 Å². The first-order valence-corrected chi connectivity index (χ1v) is 3.67. The second kappa shape index (κ2) is 2.05. The molecule has 2 rings (SSSR count). The van der Waals surface area contributed by atoms with Gasteiger partial charge in [0.05, 0.1) is 6.20 Å². The maximum atomic E-state index is 4.19. The van der Waals surface area contributed by atoms with Crippen molar-refractivity contribution in [1.29, 1.82) is 0 Å². The molecule has 3 nitrogen and oxygen atoms in total. The van der Waals surface area contributed by atoms with Gasteiger partial charge in [-0.15, -0.1) is 0 Å². The number of hydrogen-bond acceptors (Lipinski definition) is 1. The third-order valence-corrected chi connectivity index (χ3v) is 1.69. The van der Waals surface area contributed by atoms with Crippen LogP contribution in [0.3, 0.4) is 0 Å². The Hall–Kier alpha value is -0.900. The van der Waals surface area contributed by atoms with Gasteiger partial charge in [-0.1, -0.05) is 0 Å². The van der Waals surface area contributed by atoms with Crippen LogP contribution in [-0.4, -0.2) is 9.97 Å². The van der Waals surface area contributed by atoms with E-state index in [9.17, 15) is 0 Å². The molecule has 0 fully saturated rings. The van der Waals surface area contributed by atoms with Crippen molar-refractivity contribution in [2.24, 2.45) is 0 Å². The Morgan fingerprint density at radius 1 is 1.60 bits per heavy atom. The molecular weight excluding hydrogens is 194 g/mol. The van der Waals surface area contributed by atoms with Crippen LogP contribution < -0.4 is 4.98 Å². The maximum absolute atomic E-state index is 4.19. The Balaban J connectivity index is 2.86. The molecule has 0 aliphatic rings. The summed E-state index contributed by atoms with van der Waals surface area (Å²) in [4.78, 5) is 10.2. The summed E-state index contributed by atoms with van der Waals surface area (Å²) in [5.74, 6) is 0. The van der Waals surface area contributed by atoms with Crippen molar-refractivity contribution >= 4 is 27.1 Å². The average Bonchev–Trinajstić information content (AvgIpc) is 2.33. The minimum atomic E-state index is 0.819. The van der Waals surface area contributed by atoms with E-state index in [0.717, 1.165) is 15.8 Å². The summed E-state index contributed by atoms with van der Waals surface area (Å²) in [6.07, 6.45) is 3.64. The van der Waals surface area contributed by atoms with E-state index in [0.29, 0.717) is 0 Å². The third kappa shape index (κ3) is 0.806.